The number of ether oxygens (including phenoxy) is 1. The van der Waals surface area contributed by atoms with Crippen LogP contribution in [0.2, 0.25) is 0 Å². The summed E-state index contributed by atoms with van der Waals surface area (Å²) in [7, 11) is 0. The Morgan fingerprint density at radius 2 is 0.905 bits per heavy atom. The molecule has 10 heteroatoms. The Balaban J connectivity index is 1.03. The van der Waals surface area contributed by atoms with Crippen LogP contribution in [0.15, 0.2) is 236 Å². The summed E-state index contributed by atoms with van der Waals surface area (Å²) in [6.07, 6.45) is 0. The maximum absolute atomic E-state index is 7.55. The molecule has 9 aromatic carbocycles. The molecule has 0 saturated heterocycles. The molecular formula is C64H43BN8O. The van der Waals surface area contributed by atoms with Crippen molar-refractivity contribution in [2.75, 3.05) is 0 Å². The highest BCUT2D eigenvalue weighted by atomic mass is 16.5. The van der Waals surface area contributed by atoms with E-state index in [2.05, 4.69) is 171 Å². The molecule has 5 aliphatic heterocycles. The fourth-order valence-electron chi connectivity index (χ4n) is 11.2. The number of fused-ring (bicyclic) bond motifs is 7. The number of hydrogen-bond donors (Lipinski definition) is 0. The van der Waals surface area contributed by atoms with E-state index in [0.717, 1.165) is 66.8 Å². The molecule has 0 spiro atoms. The first-order valence-corrected chi connectivity index (χ1v) is 25.1. The summed E-state index contributed by atoms with van der Waals surface area (Å²) in [5.74, 6) is 4.05. The third kappa shape index (κ3) is 6.57. The Hall–Kier alpha value is -9.54. The van der Waals surface area contributed by atoms with Crippen molar-refractivity contribution in [2.45, 2.75) is 26.2 Å². The quantitative estimate of drug-likeness (QED) is 0.155. The van der Waals surface area contributed by atoms with Gasteiger partial charge in [0.15, 0.2) is 17.5 Å². The Morgan fingerprint density at radius 1 is 0.419 bits per heavy atom. The molecular weight excluding hydrogens is 908 g/mol. The lowest BCUT2D eigenvalue weighted by Gasteiger charge is -2.36. The molecule has 74 heavy (non-hydrogen) atoms. The highest BCUT2D eigenvalue weighted by molar-refractivity contribution is 6.99. The van der Waals surface area contributed by atoms with Crippen molar-refractivity contribution in [1.29, 1.82) is 0 Å². The van der Waals surface area contributed by atoms with Gasteiger partial charge in [0.05, 0.1) is 11.1 Å². The van der Waals surface area contributed by atoms with Gasteiger partial charge in [-0.25, -0.2) is 4.90 Å². The maximum atomic E-state index is 7.55. The average Bonchev–Trinajstić information content (AvgIpc) is 3.80. The van der Waals surface area contributed by atoms with E-state index in [1.165, 1.54) is 38.4 Å². The van der Waals surface area contributed by atoms with E-state index < -0.39 is 0 Å². The van der Waals surface area contributed by atoms with Gasteiger partial charge in [0, 0.05) is 33.1 Å². The van der Waals surface area contributed by atoms with Crippen LogP contribution in [0.25, 0.3) is 60.9 Å². The summed E-state index contributed by atoms with van der Waals surface area (Å²) in [4.78, 5) is 32.7. The Labute approximate surface area is 427 Å². The van der Waals surface area contributed by atoms with E-state index in [9.17, 15) is 0 Å². The van der Waals surface area contributed by atoms with Gasteiger partial charge in [-0.3, -0.25) is 0 Å². The first-order chi connectivity index (χ1) is 36.3. The van der Waals surface area contributed by atoms with Gasteiger partial charge in [0.2, 0.25) is 17.9 Å². The van der Waals surface area contributed by atoms with Gasteiger partial charge in [-0.05, 0) is 97.1 Å². The molecule has 5 aliphatic rings. The molecule has 0 amide bonds. The van der Waals surface area contributed by atoms with Crippen LogP contribution < -0.4 is 21.1 Å². The Bertz CT molecular complexity index is 4190. The first-order valence-electron chi connectivity index (χ1n) is 25.1. The molecule has 0 aliphatic carbocycles. The zero-order valence-corrected chi connectivity index (χ0v) is 40.7. The van der Waals surface area contributed by atoms with Gasteiger partial charge in [-0.2, -0.15) is 30.0 Å². The minimum absolute atomic E-state index is 0.209. The van der Waals surface area contributed by atoms with Gasteiger partial charge >= 0.3 is 0 Å². The lowest BCUT2D eigenvalue weighted by atomic mass is 9.34. The molecule has 0 radical (unpaired) electrons. The molecule has 15 rings (SSSR count). The van der Waals surface area contributed by atoms with Crippen LogP contribution in [0, 0.1) is 0 Å². The average molecular weight is 951 g/mol. The number of nitrogens with zero attached hydrogens (tertiary/aromatic N) is 8. The second-order valence-electron chi connectivity index (χ2n) is 20.4. The lowest BCUT2D eigenvalue weighted by Crippen LogP contribution is -2.59. The van der Waals surface area contributed by atoms with Gasteiger partial charge in [0.25, 0.3) is 6.71 Å². The van der Waals surface area contributed by atoms with Crippen LogP contribution in [-0.2, 0) is 5.41 Å². The van der Waals surface area contributed by atoms with E-state index in [1.807, 2.05) is 60.7 Å². The van der Waals surface area contributed by atoms with Gasteiger partial charge in [0.1, 0.15) is 11.5 Å². The van der Waals surface area contributed by atoms with Gasteiger partial charge < -0.3 is 9.30 Å². The summed E-state index contributed by atoms with van der Waals surface area (Å²) >= 11 is 0. The van der Waals surface area contributed by atoms with Crippen molar-refractivity contribution < 1.29 is 4.74 Å². The van der Waals surface area contributed by atoms with Crippen LogP contribution >= 0.6 is 0 Å². The molecule has 0 fully saturated rings. The topological polar surface area (TPSA) is 91.6 Å². The number of rotatable bonds is 6. The van der Waals surface area contributed by atoms with Crippen molar-refractivity contribution in [3.63, 3.8) is 0 Å². The normalized spacial score (nSPS) is 15.0. The second kappa shape index (κ2) is 16.0. The lowest BCUT2D eigenvalue weighted by molar-refractivity contribution is 0.482. The number of aromatic nitrogens is 1. The summed E-state index contributed by atoms with van der Waals surface area (Å²) in [5, 5.41) is 2.40. The van der Waals surface area contributed by atoms with Gasteiger partial charge in [-0.15, -0.1) is 0 Å². The van der Waals surface area contributed by atoms with Crippen LogP contribution in [-0.4, -0.2) is 51.6 Å². The summed E-state index contributed by atoms with van der Waals surface area (Å²) < 4.78 is 10.1. The zero-order valence-electron chi connectivity index (χ0n) is 40.7. The number of amidine groups is 3. The summed E-state index contributed by atoms with van der Waals surface area (Å²) in [5.41, 5.74) is 16.9. The standard InChI is InChI=1S/C64H43BN8O/c1-64(2,3)46-36-53-55-54(37-46)74-57-49(60-70-62-68-58(41-25-15-7-16-26-41)66-61-67-59(42-27-17-8-18-28-42)69-63(71-60)73(61)62)33-45(40-23-13-6-14-24-40)35-51(57)65(55)50-34-44(39-21-11-5-12-22-39)32-48-47-31-43(38-19-9-4-10-20-38)29-30-52(47)72(53)56(48)50/h4-37H,1-3H3. The molecule has 0 atom stereocenters. The highest BCUT2D eigenvalue weighted by Gasteiger charge is 2.44. The highest BCUT2D eigenvalue weighted by Crippen LogP contribution is 2.44. The molecule has 6 heterocycles. The molecule has 1 aromatic heterocycles. The van der Waals surface area contributed by atoms with E-state index in [-0.39, 0.29) is 12.1 Å². The summed E-state index contributed by atoms with van der Waals surface area (Å²) in [6, 6.07) is 72.8. The van der Waals surface area contributed by atoms with Crippen LogP contribution in [0.5, 0.6) is 11.5 Å². The monoisotopic (exact) mass is 950 g/mol. The van der Waals surface area contributed by atoms with Crippen LogP contribution in [0.4, 0.5) is 0 Å². The fraction of sp³-hybridized carbons (Fsp3) is 0.0625. The zero-order chi connectivity index (χ0) is 49.2. The van der Waals surface area contributed by atoms with Crippen molar-refractivity contribution in [2.24, 2.45) is 30.0 Å². The molecule has 0 N–H and O–H groups in total. The molecule has 9 nitrogen and oxygen atoms in total. The number of benzene rings is 9. The first kappa shape index (κ1) is 42.2. The van der Waals surface area contributed by atoms with Crippen LogP contribution in [0.1, 0.15) is 43.0 Å². The predicted octanol–water partition coefficient (Wildman–Crippen LogP) is 12.1. The molecule has 0 saturated carbocycles. The number of hydrogen-bond acceptors (Lipinski definition) is 8. The number of aliphatic imine (C=N–C) groups is 6. The van der Waals surface area contributed by atoms with Crippen molar-refractivity contribution >= 4 is 80.3 Å². The minimum Gasteiger partial charge on any atom is -0.458 e. The van der Waals surface area contributed by atoms with E-state index in [4.69, 9.17) is 34.7 Å². The van der Waals surface area contributed by atoms with E-state index in [1.54, 1.807) is 4.90 Å². The van der Waals surface area contributed by atoms with E-state index in [0.29, 0.717) is 41.1 Å². The predicted molar refractivity (Wildman–Crippen MR) is 304 cm³/mol. The van der Waals surface area contributed by atoms with Crippen molar-refractivity contribution in [3.05, 3.63) is 229 Å². The van der Waals surface area contributed by atoms with Gasteiger partial charge in [-0.1, -0.05) is 191 Å². The molecule has 10 aromatic rings. The maximum Gasteiger partial charge on any atom is 0.256 e. The molecule has 348 valence electrons. The van der Waals surface area contributed by atoms with Crippen molar-refractivity contribution in [1.82, 2.24) is 9.47 Å². The SMILES string of the molecule is CC(C)(C)c1cc2c3c(c1)-n1c4ccc(-c5ccccc5)cc4c4cc(-c5ccccc5)cc(c41)B3c1cc(-c3ccccc3)cc(C3=NC4=NC(c5ccccc5)=NC5=NC(c6ccccc6)=NC(=N3)N54)c1O2. The Kier molecular flexibility index (Phi) is 9.11. The van der Waals surface area contributed by atoms with Crippen molar-refractivity contribution in [3.8, 4) is 50.6 Å². The van der Waals surface area contributed by atoms with E-state index >= 15 is 0 Å². The second-order valence-corrected chi connectivity index (χ2v) is 20.4. The third-order valence-electron chi connectivity index (χ3n) is 14.8. The fourth-order valence-corrected chi connectivity index (χ4v) is 11.2. The Morgan fingerprint density at radius 3 is 1.47 bits per heavy atom. The number of guanidine groups is 3. The summed E-state index contributed by atoms with van der Waals surface area (Å²) in [6.45, 7) is 6.57. The van der Waals surface area contributed by atoms with Crippen LogP contribution in [0.3, 0.4) is 0 Å². The third-order valence-corrected chi connectivity index (χ3v) is 14.8. The minimum atomic E-state index is -0.245. The largest absolute Gasteiger partial charge is 0.458 e. The molecule has 0 unspecified atom stereocenters. The molecule has 0 bridgehead atoms. The smallest absolute Gasteiger partial charge is 0.256 e.